The molecular formula is C17H18ClN3O2. The summed E-state index contributed by atoms with van der Waals surface area (Å²) < 4.78 is 5.21. The third-order valence-electron chi connectivity index (χ3n) is 3.14. The van der Waals surface area contributed by atoms with Crippen LogP contribution in [0.3, 0.4) is 0 Å². The zero-order valence-electron chi connectivity index (χ0n) is 13.0. The second kappa shape index (κ2) is 8.19. The number of benzene rings is 2. The molecule has 2 aromatic rings. The first-order chi connectivity index (χ1) is 11.1. The second-order valence-electron chi connectivity index (χ2n) is 4.80. The van der Waals surface area contributed by atoms with Crippen LogP contribution in [0.15, 0.2) is 53.6 Å². The van der Waals surface area contributed by atoms with E-state index in [2.05, 4.69) is 15.8 Å². The summed E-state index contributed by atoms with van der Waals surface area (Å²) in [4.78, 5) is 11.9. The highest BCUT2D eigenvalue weighted by molar-refractivity contribution is 6.31. The van der Waals surface area contributed by atoms with Gasteiger partial charge in [-0.2, -0.15) is 5.10 Å². The fourth-order valence-corrected chi connectivity index (χ4v) is 2.12. The lowest BCUT2D eigenvalue weighted by Crippen LogP contribution is -2.26. The van der Waals surface area contributed by atoms with E-state index in [1.165, 1.54) is 0 Å². The number of methoxy groups -OCH3 is 1. The van der Waals surface area contributed by atoms with Gasteiger partial charge >= 0.3 is 0 Å². The summed E-state index contributed by atoms with van der Waals surface area (Å²) >= 11 is 5.93. The zero-order chi connectivity index (χ0) is 16.7. The van der Waals surface area contributed by atoms with E-state index >= 15 is 0 Å². The summed E-state index contributed by atoms with van der Waals surface area (Å²) in [6, 6.07) is 14.7. The standard InChI is InChI=1S/C17H18ClN3O2/c1-12(13-6-5-7-14(18)10-13)20-21-17(22)11-19-15-8-3-4-9-16(15)23-2/h3-10,19H,11H2,1-2H3,(H,21,22)/b20-12-. The number of hydrogen-bond acceptors (Lipinski definition) is 4. The van der Waals surface area contributed by atoms with Crippen LogP contribution < -0.4 is 15.5 Å². The molecule has 0 unspecified atom stereocenters. The molecule has 0 aliphatic heterocycles. The summed E-state index contributed by atoms with van der Waals surface area (Å²) in [5, 5.41) is 7.71. The van der Waals surface area contributed by atoms with Gasteiger partial charge in [-0.05, 0) is 36.8 Å². The third-order valence-corrected chi connectivity index (χ3v) is 3.37. The monoisotopic (exact) mass is 331 g/mol. The summed E-state index contributed by atoms with van der Waals surface area (Å²) in [7, 11) is 1.58. The van der Waals surface area contributed by atoms with Gasteiger partial charge in [0.05, 0.1) is 25.1 Å². The first-order valence-corrected chi connectivity index (χ1v) is 7.44. The number of halogens is 1. The van der Waals surface area contributed by atoms with Crippen molar-refractivity contribution >= 4 is 28.9 Å². The molecule has 0 spiro atoms. The van der Waals surface area contributed by atoms with Gasteiger partial charge in [0, 0.05) is 5.02 Å². The van der Waals surface area contributed by atoms with Crippen molar-refractivity contribution < 1.29 is 9.53 Å². The molecule has 23 heavy (non-hydrogen) atoms. The highest BCUT2D eigenvalue weighted by Crippen LogP contribution is 2.22. The van der Waals surface area contributed by atoms with Crippen LogP contribution in [0.4, 0.5) is 5.69 Å². The van der Waals surface area contributed by atoms with Crippen molar-refractivity contribution in [2.45, 2.75) is 6.92 Å². The van der Waals surface area contributed by atoms with Crippen molar-refractivity contribution in [3.05, 3.63) is 59.1 Å². The minimum atomic E-state index is -0.253. The van der Waals surface area contributed by atoms with E-state index in [9.17, 15) is 4.79 Å². The Kier molecular flexibility index (Phi) is 6.00. The van der Waals surface area contributed by atoms with E-state index in [0.717, 1.165) is 11.3 Å². The van der Waals surface area contributed by atoms with Gasteiger partial charge in [0.1, 0.15) is 5.75 Å². The van der Waals surface area contributed by atoms with Crippen LogP contribution in [0.2, 0.25) is 5.02 Å². The van der Waals surface area contributed by atoms with Crippen LogP contribution in [0, 0.1) is 0 Å². The minimum Gasteiger partial charge on any atom is -0.495 e. The van der Waals surface area contributed by atoms with Crippen LogP contribution in [0.25, 0.3) is 0 Å². The van der Waals surface area contributed by atoms with E-state index in [4.69, 9.17) is 16.3 Å². The molecule has 0 atom stereocenters. The molecule has 0 saturated heterocycles. The van der Waals surface area contributed by atoms with Crippen LogP contribution in [-0.4, -0.2) is 25.3 Å². The Morgan fingerprint density at radius 1 is 1.22 bits per heavy atom. The molecule has 2 rings (SSSR count). The maximum Gasteiger partial charge on any atom is 0.259 e. The van der Waals surface area contributed by atoms with Gasteiger partial charge in [0.2, 0.25) is 0 Å². The summed E-state index contributed by atoms with van der Waals surface area (Å²) in [6.45, 7) is 1.90. The molecule has 120 valence electrons. The normalized spacial score (nSPS) is 11.0. The molecule has 1 amide bonds. The molecule has 0 bridgehead atoms. The number of nitrogens with zero attached hydrogens (tertiary/aromatic N) is 1. The first-order valence-electron chi connectivity index (χ1n) is 7.06. The lowest BCUT2D eigenvalue weighted by atomic mass is 10.1. The molecule has 0 fully saturated rings. The second-order valence-corrected chi connectivity index (χ2v) is 5.23. The van der Waals surface area contributed by atoms with Crippen molar-refractivity contribution in [2.75, 3.05) is 19.0 Å². The molecule has 2 aromatic carbocycles. The number of carbonyl (C=O) groups is 1. The quantitative estimate of drug-likeness (QED) is 0.630. The number of hydrazone groups is 1. The van der Waals surface area contributed by atoms with Gasteiger partial charge in [-0.1, -0.05) is 35.9 Å². The topological polar surface area (TPSA) is 62.7 Å². The summed E-state index contributed by atoms with van der Waals surface area (Å²) in [5.41, 5.74) is 4.80. The van der Waals surface area contributed by atoms with Gasteiger partial charge in [-0.3, -0.25) is 4.79 Å². The Hall–Kier alpha value is -2.53. The van der Waals surface area contributed by atoms with Gasteiger partial charge in [0.15, 0.2) is 0 Å². The molecule has 0 saturated carbocycles. The number of hydrogen-bond donors (Lipinski definition) is 2. The maximum absolute atomic E-state index is 11.9. The Bertz CT molecular complexity index is 716. The predicted molar refractivity (Wildman–Crippen MR) is 93.3 cm³/mol. The summed E-state index contributed by atoms with van der Waals surface area (Å²) in [6.07, 6.45) is 0. The molecular weight excluding hydrogens is 314 g/mol. The maximum atomic E-state index is 11.9. The van der Waals surface area contributed by atoms with E-state index in [1.54, 1.807) is 26.2 Å². The van der Waals surface area contributed by atoms with E-state index in [0.29, 0.717) is 16.5 Å². The molecule has 0 radical (unpaired) electrons. The molecule has 2 N–H and O–H groups in total. The Labute approximate surface area is 140 Å². The average Bonchev–Trinajstić information content (AvgIpc) is 2.58. The van der Waals surface area contributed by atoms with Crippen LogP contribution in [0.1, 0.15) is 12.5 Å². The van der Waals surface area contributed by atoms with Crippen molar-refractivity contribution in [3.8, 4) is 5.75 Å². The van der Waals surface area contributed by atoms with Gasteiger partial charge in [0.25, 0.3) is 5.91 Å². The Balaban J connectivity index is 1.91. The predicted octanol–water partition coefficient (Wildman–Crippen LogP) is 3.30. The fourth-order valence-electron chi connectivity index (χ4n) is 1.93. The van der Waals surface area contributed by atoms with Crippen molar-refractivity contribution in [3.63, 3.8) is 0 Å². The van der Waals surface area contributed by atoms with Crippen LogP contribution in [-0.2, 0) is 4.79 Å². The number of ether oxygens (including phenoxy) is 1. The van der Waals surface area contributed by atoms with Gasteiger partial charge in [-0.25, -0.2) is 5.43 Å². The number of amides is 1. The molecule has 5 nitrogen and oxygen atoms in total. The highest BCUT2D eigenvalue weighted by Gasteiger charge is 2.05. The third kappa shape index (κ3) is 5.00. The Morgan fingerprint density at radius 3 is 2.74 bits per heavy atom. The van der Waals surface area contributed by atoms with Crippen molar-refractivity contribution in [1.29, 1.82) is 0 Å². The lowest BCUT2D eigenvalue weighted by molar-refractivity contribution is -0.119. The molecule has 0 heterocycles. The Morgan fingerprint density at radius 2 is 2.00 bits per heavy atom. The molecule has 0 aliphatic carbocycles. The fraction of sp³-hybridized carbons (Fsp3) is 0.176. The number of nitrogens with one attached hydrogen (secondary N) is 2. The first kappa shape index (κ1) is 16.8. The van der Waals surface area contributed by atoms with Crippen LogP contribution >= 0.6 is 11.6 Å². The number of anilines is 1. The lowest BCUT2D eigenvalue weighted by Gasteiger charge is -2.10. The number of para-hydroxylation sites is 2. The van der Waals surface area contributed by atoms with Crippen molar-refractivity contribution in [2.24, 2.45) is 5.10 Å². The smallest absolute Gasteiger partial charge is 0.259 e. The average molecular weight is 332 g/mol. The summed E-state index contributed by atoms with van der Waals surface area (Å²) in [5.74, 6) is 0.427. The minimum absolute atomic E-state index is 0.0900. The van der Waals surface area contributed by atoms with Crippen molar-refractivity contribution in [1.82, 2.24) is 5.43 Å². The highest BCUT2D eigenvalue weighted by atomic mass is 35.5. The molecule has 0 aliphatic rings. The van der Waals surface area contributed by atoms with E-state index in [1.807, 2.05) is 36.4 Å². The molecule has 6 heteroatoms. The van der Waals surface area contributed by atoms with Crippen LogP contribution in [0.5, 0.6) is 5.75 Å². The number of carbonyl (C=O) groups excluding carboxylic acids is 1. The van der Waals surface area contributed by atoms with Gasteiger partial charge < -0.3 is 10.1 Å². The van der Waals surface area contributed by atoms with E-state index in [-0.39, 0.29) is 12.5 Å². The van der Waals surface area contributed by atoms with Gasteiger partial charge in [-0.15, -0.1) is 0 Å². The molecule has 0 aromatic heterocycles. The SMILES string of the molecule is COc1ccccc1NCC(=O)N/N=C(/C)c1cccc(Cl)c1. The zero-order valence-corrected chi connectivity index (χ0v) is 13.7. The number of rotatable bonds is 6. The van der Waals surface area contributed by atoms with E-state index < -0.39 is 0 Å². The largest absolute Gasteiger partial charge is 0.495 e.